The lowest BCUT2D eigenvalue weighted by molar-refractivity contribution is 0.0524. The number of aryl methyl sites for hydroxylation is 1. The molecule has 0 unspecified atom stereocenters. The minimum atomic E-state index is -0.414. The Hall–Kier alpha value is -2.84. The van der Waals surface area contributed by atoms with E-state index in [2.05, 4.69) is 10.6 Å². The van der Waals surface area contributed by atoms with Crippen LogP contribution in [0.1, 0.15) is 27.7 Å². The van der Waals surface area contributed by atoms with Crippen LogP contribution in [0.15, 0.2) is 30.5 Å². The molecule has 0 radical (unpaired) electrons. The summed E-state index contributed by atoms with van der Waals surface area (Å²) in [5.74, 6) is -0.414. The third-order valence-corrected chi connectivity index (χ3v) is 5.79. The van der Waals surface area contributed by atoms with E-state index in [0.29, 0.717) is 35.9 Å². The molecule has 8 heteroatoms. The Bertz CT molecular complexity index is 1050. The van der Waals surface area contributed by atoms with Gasteiger partial charge in [0, 0.05) is 34.7 Å². The van der Waals surface area contributed by atoms with E-state index >= 15 is 0 Å². The van der Waals surface area contributed by atoms with Crippen molar-refractivity contribution in [2.45, 2.75) is 20.0 Å². The Morgan fingerprint density at radius 2 is 2.14 bits per heavy atom. The Morgan fingerprint density at radius 3 is 2.96 bits per heavy atom. The summed E-state index contributed by atoms with van der Waals surface area (Å²) < 4.78 is 12.7. The monoisotopic (exact) mass is 399 g/mol. The van der Waals surface area contributed by atoms with Gasteiger partial charge >= 0.3 is 12.0 Å². The molecule has 0 atom stereocenters. The summed E-state index contributed by atoms with van der Waals surface area (Å²) in [5, 5.41) is 7.18. The van der Waals surface area contributed by atoms with Crippen LogP contribution in [-0.2, 0) is 29.5 Å². The van der Waals surface area contributed by atoms with E-state index in [1.807, 2.05) is 42.1 Å². The Balaban J connectivity index is 1.56. The third-order valence-electron chi connectivity index (χ3n) is 4.67. The van der Waals surface area contributed by atoms with Crippen molar-refractivity contribution in [1.82, 2.24) is 4.57 Å². The maximum absolute atomic E-state index is 12.6. The topological polar surface area (TPSA) is 81.6 Å². The van der Waals surface area contributed by atoms with Gasteiger partial charge in [-0.25, -0.2) is 9.59 Å². The minimum absolute atomic E-state index is 0.280. The fourth-order valence-corrected chi connectivity index (χ4v) is 4.53. The Labute approximate surface area is 166 Å². The molecule has 2 amide bonds. The fourth-order valence-electron chi connectivity index (χ4n) is 3.36. The number of rotatable bonds is 4. The molecule has 2 aromatic heterocycles. The van der Waals surface area contributed by atoms with E-state index in [0.717, 1.165) is 21.3 Å². The van der Waals surface area contributed by atoms with Crippen molar-refractivity contribution in [2.24, 2.45) is 7.05 Å². The molecule has 0 saturated heterocycles. The maximum Gasteiger partial charge on any atom is 0.341 e. The van der Waals surface area contributed by atoms with E-state index in [1.165, 1.54) is 11.3 Å². The Kier molecular flexibility index (Phi) is 5.06. The van der Waals surface area contributed by atoms with Crippen molar-refractivity contribution in [1.29, 1.82) is 0 Å². The lowest BCUT2D eigenvalue weighted by Gasteiger charge is -2.13. The van der Waals surface area contributed by atoms with Gasteiger partial charge < -0.3 is 19.4 Å². The second-order valence-electron chi connectivity index (χ2n) is 6.51. The molecule has 0 bridgehead atoms. The number of hydrogen-bond donors (Lipinski definition) is 2. The molecule has 0 saturated carbocycles. The first-order valence-electron chi connectivity index (χ1n) is 9.09. The molecular weight excluding hydrogens is 378 g/mol. The number of esters is 1. The van der Waals surface area contributed by atoms with Crippen LogP contribution in [0.5, 0.6) is 0 Å². The number of ether oxygens (including phenoxy) is 2. The number of carbonyl (C=O) groups is 2. The van der Waals surface area contributed by atoms with Crippen molar-refractivity contribution in [2.75, 3.05) is 23.8 Å². The zero-order chi connectivity index (χ0) is 19.7. The first kappa shape index (κ1) is 18.5. The zero-order valence-electron chi connectivity index (χ0n) is 15.7. The van der Waals surface area contributed by atoms with Gasteiger partial charge in [0.2, 0.25) is 0 Å². The summed E-state index contributed by atoms with van der Waals surface area (Å²) in [6.07, 6.45) is 2.60. The van der Waals surface area contributed by atoms with Crippen LogP contribution in [0.2, 0.25) is 0 Å². The molecule has 0 spiro atoms. The molecule has 1 aliphatic rings. The van der Waals surface area contributed by atoms with Crippen LogP contribution < -0.4 is 10.6 Å². The summed E-state index contributed by atoms with van der Waals surface area (Å²) in [5.41, 5.74) is 3.12. The molecular formula is C20H21N3O4S. The summed E-state index contributed by atoms with van der Waals surface area (Å²) >= 11 is 1.36. The van der Waals surface area contributed by atoms with Crippen LogP contribution in [0.3, 0.4) is 0 Å². The van der Waals surface area contributed by atoms with Crippen molar-refractivity contribution < 1.29 is 19.1 Å². The van der Waals surface area contributed by atoms with Crippen LogP contribution >= 0.6 is 11.3 Å². The first-order valence-corrected chi connectivity index (χ1v) is 9.91. The number of hydrogen-bond acceptors (Lipinski definition) is 5. The standard InChI is InChI=1S/C20H21N3O4S/c1-3-27-19(24)17-14-7-9-26-11-16(14)28-18(17)22-20(25)21-13-4-5-15-12(10-13)6-8-23(15)2/h4-6,8,10H,3,7,9,11H2,1-2H3,(H2,21,22,25). The lowest BCUT2D eigenvalue weighted by Crippen LogP contribution is -2.21. The molecule has 2 N–H and O–H groups in total. The lowest BCUT2D eigenvalue weighted by atomic mass is 10.1. The highest BCUT2D eigenvalue weighted by Crippen LogP contribution is 2.37. The summed E-state index contributed by atoms with van der Waals surface area (Å²) in [6, 6.07) is 7.30. The average Bonchev–Trinajstić information content (AvgIpc) is 3.21. The Morgan fingerprint density at radius 1 is 1.29 bits per heavy atom. The summed E-state index contributed by atoms with van der Waals surface area (Å²) in [7, 11) is 1.97. The SMILES string of the molecule is CCOC(=O)c1c(NC(=O)Nc2ccc3c(ccn3C)c2)sc2c1CCOC2. The number of nitrogens with one attached hydrogen (secondary N) is 2. The van der Waals surface area contributed by atoms with Crippen LogP contribution in [-0.4, -0.2) is 29.8 Å². The number of fused-ring (bicyclic) bond motifs is 2. The highest BCUT2D eigenvalue weighted by Gasteiger charge is 2.27. The van der Waals surface area contributed by atoms with Gasteiger partial charge in [0.05, 0.1) is 25.4 Å². The summed E-state index contributed by atoms with van der Waals surface area (Å²) in [4.78, 5) is 26.0. The maximum atomic E-state index is 12.6. The van der Waals surface area contributed by atoms with Gasteiger partial charge in [0.1, 0.15) is 5.00 Å². The fraction of sp³-hybridized carbons (Fsp3) is 0.300. The second-order valence-corrected chi connectivity index (χ2v) is 7.62. The smallest absolute Gasteiger partial charge is 0.341 e. The van der Waals surface area contributed by atoms with Crippen LogP contribution in [0, 0.1) is 0 Å². The van der Waals surface area contributed by atoms with Crippen molar-refractivity contribution >= 4 is 44.9 Å². The number of thiophene rings is 1. The van der Waals surface area contributed by atoms with Gasteiger partial charge in [0.15, 0.2) is 0 Å². The molecule has 1 aliphatic heterocycles. The second kappa shape index (κ2) is 7.65. The number of anilines is 2. The molecule has 0 aliphatic carbocycles. The zero-order valence-corrected chi connectivity index (χ0v) is 16.5. The van der Waals surface area contributed by atoms with Crippen molar-refractivity contribution in [3.8, 4) is 0 Å². The van der Waals surface area contributed by atoms with Gasteiger partial charge in [-0.1, -0.05) is 0 Å². The predicted molar refractivity (Wildman–Crippen MR) is 109 cm³/mol. The van der Waals surface area contributed by atoms with Gasteiger partial charge in [-0.05, 0) is 43.2 Å². The predicted octanol–water partition coefficient (Wildman–Crippen LogP) is 4.13. The average molecular weight is 399 g/mol. The van der Waals surface area contributed by atoms with E-state index in [-0.39, 0.29) is 6.61 Å². The van der Waals surface area contributed by atoms with Gasteiger partial charge in [-0.15, -0.1) is 11.3 Å². The first-order chi connectivity index (χ1) is 13.6. The number of aromatic nitrogens is 1. The number of urea groups is 1. The molecule has 1 aromatic carbocycles. The van der Waals surface area contributed by atoms with Gasteiger partial charge in [-0.2, -0.15) is 0 Å². The molecule has 4 rings (SSSR count). The van der Waals surface area contributed by atoms with Crippen LogP contribution in [0.4, 0.5) is 15.5 Å². The van der Waals surface area contributed by atoms with Crippen molar-refractivity contribution in [3.05, 3.63) is 46.5 Å². The van der Waals surface area contributed by atoms with Crippen molar-refractivity contribution in [3.63, 3.8) is 0 Å². The van der Waals surface area contributed by atoms with E-state index < -0.39 is 12.0 Å². The molecule has 7 nitrogen and oxygen atoms in total. The largest absolute Gasteiger partial charge is 0.462 e. The highest BCUT2D eigenvalue weighted by atomic mass is 32.1. The molecule has 3 heterocycles. The molecule has 146 valence electrons. The number of carbonyl (C=O) groups excluding carboxylic acids is 2. The molecule has 28 heavy (non-hydrogen) atoms. The number of amides is 2. The van der Waals surface area contributed by atoms with Gasteiger partial charge in [-0.3, -0.25) is 5.32 Å². The molecule has 0 fully saturated rings. The highest BCUT2D eigenvalue weighted by molar-refractivity contribution is 7.17. The number of nitrogens with zero attached hydrogens (tertiary/aromatic N) is 1. The van der Waals surface area contributed by atoms with E-state index in [1.54, 1.807) is 6.92 Å². The normalized spacial score (nSPS) is 13.2. The number of benzene rings is 1. The molecule has 3 aromatic rings. The summed E-state index contributed by atoms with van der Waals surface area (Å²) in [6.45, 7) is 3.04. The van der Waals surface area contributed by atoms with E-state index in [9.17, 15) is 9.59 Å². The van der Waals surface area contributed by atoms with Crippen LogP contribution in [0.25, 0.3) is 10.9 Å². The van der Waals surface area contributed by atoms with E-state index in [4.69, 9.17) is 9.47 Å². The quantitative estimate of drug-likeness (QED) is 0.646. The third kappa shape index (κ3) is 3.48. The van der Waals surface area contributed by atoms with Gasteiger partial charge in [0.25, 0.3) is 0 Å². The minimum Gasteiger partial charge on any atom is -0.462 e.